The Kier molecular flexibility index (Phi) is 5.57. The Balaban J connectivity index is 2.73. The van der Waals surface area contributed by atoms with E-state index in [0.717, 1.165) is 5.56 Å². The van der Waals surface area contributed by atoms with Gasteiger partial charge < -0.3 is 9.84 Å². The Bertz CT molecular complexity index is 373. The minimum absolute atomic E-state index is 0.0635. The minimum Gasteiger partial charge on any atom is -0.390 e. The molecule has 1 aromatic rings. The smallest absolute Gasteiger partial charge is 0.0881 e. The van der Waals surface area contributed by atoms with Crippen molar-refractivity contribution in [3.8, 4) is 0 Å². The molecule has 0 aliphatic rings. The summed E-state index contributed by atoms with van der Waals surface area (Å²) in [6.07, 6.45) is 0.000842. The normalized spacial score (nSPS) is 15.6. The monoisotopic (exact) mass is 264 g/mol. The third-order valence-electron chi connectivity index (χ3n) is 3.55. The van der Waals surface area contributed by atoms with Gasteiger partial charge in [-0.05, 0) is 22.5 Å². The Morgan fingerprint density at radius 3 is 2.00 bits per heavy atom. The van der Waals surface area contributed by atoms with Crippen LogP contribution in [0.1, 0.15) is 51.7 Å². The maximum Gasteiger partial charge on any atom is 0.0881 e. The van der Waals surface area contributed by atoms with Gasteiger partial charge in [0, 0.05) is 13.5 Å². The maximum absolute atomic E-state index is 10.4. The minimum atomic E-state index is -0.477. The highest BCUT2D eigenvalue weighted by atomic mass is 16.5. The summed E-state index contributed by atoms with van der Waals surface area (Å²) in [5, 5.41) is 10.4. The molecule has 0 saturated carbocycles. The van der Waals surface area contributed by atoms with Gasteiger partial charge in [-0.3, -0.25) is 0 Å². The van der Waals surface area contributed by atoms with Crippen molar-refractivity contribution in [3.63, 3.8) is 0 Å². The van der Waals surface area contributed by atoms with E-state index in [9.17, 15) is 5.11 Å². The molecule has 2 unspecified atom stereocenters. The van der Waals surface area contributed by atoms with Crippen LogP contribution in [0.5, 0.6) is 0 Å². The predicted molar refractivity (Wildman–Crippen MR) is 80.5 cm³/mol. The van der Waals surface area contributed by atoms with Gasteiger partial charge in [-0.2, -0.15) is 0 Å². The van der Waals surface area contributed by atoms with Gasteiger partial charge in [-0.15, -0.1) is 0 Å². The van der Waals surface area contributed by atoms with Crippen LogP contribution in [0.15, 0.2) is 24.3 Å². The third kappa shape index (κ3) is 4.63. The SMILES string of the molecule is COC(C(O)Cc1ccc(C(C)C)cc1)C(C)(C)C. The molecule has 0 aliphatic carbocycles. The molecule has 0 aliphatic heterocycles. The van der Waals surface area contributed by atoms with Crippen LogP contribution in [-0.2, 0) is 11.2 Å². The fourth-order valence-electron chi connectivity index (χ4n) is 2.47. The van der Waals surface area contributed by atoms with E-state index >= 15 is 0 Å². The number of aliphatic hydroxyl groups excluding tert-OH is 1. The highest BCUT2D eigenvalue weighted by Crippen LogP contribution is 2.26. The number of methoxy groups -OCH3 is 1. The second-order valence-electron chi connectivity index (χ2n) is 6.69. The zero-order valence-corrected chi connectivity index (χ0v) is 13.1. The maximum atomic E-state index is 10.4. The second kappa shape index (κ2) is 6.53. The second-order valence-corrected chi connectivity index (χ2v) is 6.69. The Morgan fingerprint density at radius 1 is 1.11 bits per heavy atom. The van der Waals surface area contributed by atoms with Crippen LogP contribution in [0.4, 0.5) is 0 Å². The molecule has 0 aromatic heterocycles. The molecule has 0 fully saturated rings. The van der Waals surface area contributed by atoms with Gasteiger partial charge in [0.2, 0.25) is 0 Å². The van der Waals surface area contributed by atoms with Crippen LogP contribution in [-0.4, -0.2) is 24.4 Å². The van der Waals surface area contributed by atoms with Gasteiger partial charge >= 0.3 is 0 Å². The molecule has 0 amide bonds. The zero-order valence-electron chi connectivity index (χ0n) is 13.1. The molecular weight excluding hydrogens is 236 g/mol. The molecule has 19 heavy (non-hydrogen) atoms. The zero-order chi connectivity index (χ0) is 14.6. The third-order valence-corrected chi connectivity index (χ3v) is 3.55. The van der Waals surface area contributed by atoms with Crippen LogP contribution in [0.3, 0.4) is 0 Å². The van der Waals surface area contributed by atoms with Crippen molar-refractivity contribution in [3.05, 3.63) is 35.4 Å². The molecule has 1 N–H and O–H groups in total. The summed E-state index contributed by atoms with van der Waals surface area (Å²) >= 11 is 0. The predicted octanol–water partition coefficient (Wildman–Crippen LogP) is 3.77. The average Bonchev–Trinajstić information content (AvgIpc) is 2.28. The fourth-order valence-corrected chi connectivity index (χ4v) is 2.47. The van der Waals surface area contributed by atoms with E-state index in [1.165, 1.54) is 5.56 Å². The van der Waals surface area contributed by atoms with Gasteiger partial charge in [0.15, 0.2) is 0 Å². The molecule has 2 heteroatoms. The summed E-state index contributed by atoms with van der Waals surface area (Å²) in [5.74, 6) is 0.542. The lowest BCUT2D eigenvalue weighted by molar-refractivity contribution is -0.0699. The summed E-state index contributed by atoms with van der Waals surface area (Å²) in [4.78, 5) is 0. The van der Waals surface area contributed by atoms with Gasteiger partial charge in [0.05, 0.1) is 12.2 Å². The van der Waals surface area contributed by atoms with Crippen molar-refractivity contribution in [1.29, 1.82) is 0 Å². The van der Waals surface area contributed by atoms with Gasteiger partial charge in [-0.25, -0.2) is 0 Å². The summed E-state index contributed by atoms with van der Waals surface area (Å²) in [5.41, 5.74) is 2.42. The fraction of sp³-hybridized carbons (Fsp3) is 0.647. The molecular formula is C17H28O2. The Morgan fingerprint density at radius 2 is 1.63 bits per heavy atom. The van der Waals surface area contributed by atoms with Gasteiger partial charge in [0.1, 0.15) is 0 Å². The first-order chi connectivity index (χ1) is 8.75. The molecule has 0 spiro atoms. The van der Waals surface area contributed by atoms with E-state index < -0.39 is 6.10 Å². The highest BCUT2D eigenvalue weighted by Gasteiger charge is 2.31. The van der Waals surface area contributed by atoms with Crippen molar-refractivity contribution in [2.24, 2.45) is 5.41 Å². The van der Waals surface area contributed by atoms with Crippen molar-refractivity contribution in [2.75, 3.05) is 7.11 Å². The summed E-state index contributed by atoms with van der Waals surface area (Å²) < 4.78 is 5.46. The number of aliphatic hydroxyl groups is 1. The molecule has 0 saturated heterocycles. The lowest BCUT2D eigenvalue weighted by Crippen LogP contribution is -2.40. The van der Waals surface area contributed by atoms with Crippen LogP contribution in [0, 0.1) is 5.41 Å². The lowest BCUT2D eigenvalue weighted by Gasteiger charge is -2.33. The summed E-state index contributed by atoms with van der Waals surface area (Å²) in [6, 6.07) is 8.50. The van der Waals surface area contributed by atoms with Crippen LogP contribution in [0.25, 0.3) is 0 Å². The lowest BCUT2D eigenvalue weighted by atomic mass is 9.83. The summed E-state index contributed by atoms with van der Waals surface area (Å²) in [7, 11) is 1.67. The summed E-state index contributed by atoms with van der Waals surface area (Å²) in [6.45, 7) is 10.6. The number of ether oxygens (including phenoxy) is 1. The van der Waals surface area contributed by atoms with Crippen molar-refractivity contribution >= 4 is 0 Å². The quantitative estimate of drug-likeness (QED) is 0.877. The van der Waals surface area contributed by atoms with Crippen LogP contribution >= 0.6 is 0 Å². The Labute approximate surface area is 117 Å². The number of hydrogen-bond acceptors (Lipinski definition) is 2. The largest absolute Gasteiger partial charge is 0.390 e. The number of rotatable bonds is 5. The van der Waals surface area contributed by atoms with Gasteiger partial charge in [0.25, 0.3) is 0 Å². The van der Waals surface area contributed by atoms with Crippen molar-refractivity contribution < 1.29 is 9.84 Å². The average molecular weight is 264 g/mol. The number of hydrogen-bond donors (Lipinski definition) is 1. The molecule has 0 radical (unpaired) electrons. The topological polar surface area (TPSA) is 29.5 Å². The first-order valence-corrected chi connectivity index (χ1v) is 7.05. The molecule has 2 nitrogen and oxygen atoms in total. The first kappa shape index (κ1) is 16.2. The molecule has 1 rings (SSSR count). The molecule has 1 aromatic carbocycles. The van der Waals surface area contributed by atoms with E-state index in [0.29, 0.717) is 12.3 Å². The number of benzene rings is 1. The van der Waals surface area contributed by atoms with E-state index in [2.05, 4.69) is 58.9 Å². The highest BCUT2D eigenvalue weighted by molar-refractivity contribution is 5.25. The van der Waals surface area contributed by atoms with E-state index in [4.69, 9.17) is 4.74 Å². The molecule has 0 bridgehead atoms. The molecule has 2 atom stereocenters. The molecule has 108 valence electrons. The van der Waals surface area contributed by atoms with Crippen LogP contribution < -0.4 is 0 Å². The standard InChI is InChI=1S/C17H28O2/c1-12(2)14-9-7-13(8-10-14)11-15(18)16(19-6)17(3,4)5/h7-10,12,15-16,18H,11H2,1-6H3. The Hall–Kier alpha value is -0.860. The van der Waals surface area contributed by atoms with E-state index in [1.54, 1.807) is 7.11 Å². The van der Waals surface area contributed by atoms with Crippen molar-refractivity contribution in [1.82, 2.24) is 0 Å². The molecule has 0 heterocycles. The van der Waals surface area contributed by atoms with E-state index in [1.807, 2.05) is 0 Å². The first-order valence-electron chi connectivity index (χ1n) is 7.05. The van der Waals surface area contributed by atoms with E-state index in [-0.39, 0.29) is 11.5 Å². The van der Waals surface area contributed by atoms with Crippen molar-refractivity contribution in [2.45, 2.75) is 59.2 Å². The van der Waals surface area contributed by atoms with Crippen LogP contribution in [0.2, 0.25) is 0 Å². The van der Waals surface area contributed by atoms with Gasteiger partial charge in [-0.1, -0.05) is 58.9 Å².